The molecule has 0 spiro atoms. The summed E-state index contributed by atoms with van der Waals surface area (Å²) in [6.45, 7) is 4.81. The summed E-state index contributed by atoms with van der Waals surface area (Å²) in [6, 6.07) is 16.4. The number of aliphatic carboxylic acids is 1. The van der Waals surface area contributed by atoms with Crippen molar-refractivity contribution in [1.82, 2.24) is 0 Å². The Kier molecular flexibility index (Phi) is 6.04. The highest BCUT2D eigenvalue weighted by Crippen LogP contribution is 2.26. The zero-order valence-electron chi connectivity index (χ0n) is 11.5. The van der Waals surface area contributed by atoms with Crippen molar-refractivity contribution in [1.29, 1.82) is 0 Å². The lowest BCUT2D eigenvalue weighted by atomic mass is 10.0. The minimum atomic E-state index is -0.833. The van der Waals surface area contributed by atoms with Crippen LogP contribution in [0, 0.1) is 0 Å². The highest BCUT2D eigenvalue weighted by atomic mass is 16.4. The summed E-state index contributed by atoms with van der Waals surface area (Å²) >= 11 is 0. The molecule has 0 aliphatic heterocycles. The number of hydrogen-bond donors (Lipinski definition) is 2. The van der Waals surface area contributed by atoms with E-state index >= 15 is 0 Å². The van der Waals surface area contributed by atoms with E-state index in [2.05, 4.69) is 30.8 Å². The molecule has 0 amide bonds. The minimum absolute atomic E-state index is 0.825. The van der Waals surface area contributed by atoms with Crippen molar-refractivity contribution in [3.05, 3.63) is 66.7 Å². The molecule has 2 rings (SSSR count). The van der Waals surface area contributed by atoms with E-state index in [-0.39, 0.29) is 0 Å². The van der Waals surface area contributed by atoms with Gasteiger partial charge >= 0.3 is 0 Å². The van der Waals surface area contributed by atoms with Gasteiger partial charge in [-0.05, 0) is 23.6 Å². The number of benzene rings is 2. The number of nitrogen functional groups attached to an aromatic ring is 1. The van der Waals surface area contributed by atoms with Gasteiger partial charge in [0.25, 0.3) is 5.97 Å². The van der Waals surface area contributed by atoms with Gasteiger partial charge in [0.05, 0.1) is 0 Å². The first-order valence-electron chi connectivity index (χ1n) is 6.29. The molecule has 20 heavy (non-hydrogen) atoms. The average Bonchev–Trinajstić information content (AvgIpc) is 2.39. The molecule has 0 heterocycles. The van der Waals surface area contributed by atoms with Crippen LogP contribution in [0.25, 0.3) is 11.1 Å². The number of carboxylic acids is 1. The smallest absolute Gasteiger partial charge is 0.300 e. The molecule has 2 aromatic carbocycles. The van der Waals surface area contributed by atoms with Crippen LogP contribution in [0.2, 0.25) is 0 Å². The molecule has 0 saturated carbocycles. The molecule has 3 heteroatoms. The minimum Gasteiger partial charge on any atom is -0.481 e. The predicted molar refractivity (Wildman–Crippen MR) is 83.5 cm³/mol. The van der Waals surface area contributed by atoms with Gasteiger partial charge < -0.3 is 10.8 Å². The van der Waals surface area contributed by atoms with Crippen LogP contribution < -0.4 is 5.73 Å². The van der Waals surface area contributed by atoms with E-state index in [0.29, 0.717) is 0 Å². The van der Waals surface area contributed by atoms with Crippen LogP contribution in [0.3, 0.4) is 0 Å². The molecule has 0 radical (unpaired) electrons. The van der Waals surface area contributed by atoms with Crippen LogP contribution in [0.5, 0.6) is 0 Å². The van der Waals surface area contributed by atoms with Crippen LogP contribution >= 0.6 is 0 Å². The summed E-state index contributed by atoms with van der Waals surface area (Å²) in [5.74, 6) is -0.833. The van der Waals surface area contributed by atoms with Crippen LogP contribution in [0.15, 0.2) is 61.2 Å². The fourth-order valence-electron chi connectivity index (χ4n) is 1.79. The van der Waals surface area contributed by atoms with Gasteiger partial charge in [-0.1, -0.05) is 48.5 Å². The van der Waals surface area contributed by atoms with Crippen molar-refractivity contribution in [2.24, 2.45) is 0 Å². The van der Waals surface area contributed by atoms with Crippen molar-refractivity contribution >= 4 is 11.7 Å². The molecule has 0 fully saturated rings. The quantitative estimate of drug-likeness (QED) is 0.658. The number of anilines is 1. The first-order chi connectivity index (χ1) is 9.54. The second-order valence-corrected chi connectivity index (χ2v) is 4.30. The van der Waals surface area contributed by atoms with E-state index in [0.717, 1.165) is 30.2 Å². The molecule has 104 valence electrons. The van der Waals surface area contributed by atoms with Crippen molar-refractivity contribution in [3.63, 3.8) is 0 Å². The van der Waals surface area contributed by atoms with Crippen molar-refractivity contribution in [3.8, 4) is 11.1 Å². The Morgan fingerprint density at radius 3 is 2.35 bits per heavy atom. The lowest BCUT2D eigenvalue weighted by Gasteiger charge is -2.07. The molecule has 0 aliphatic rings. The largest absolute Gasteiger partial charge is 0.481 e. The number of hydrogen-bond acceptors (Lipinski definition) is 2. The highest BCUT2D eigenvalue weighted by molar-refractivity contribution is 5.76. The van der Waals surface area contributed by atoms with Gasteiger partial charge in [-0.15, -0.1) is 6.58 Å². The Hall–Kier alpha value is -2.55. The van der Waals surface area contributed by atoms with Gasteiger partial charge in [-0.2, -0.15) is 0 Å². The van der Waals surface area contributed by atoms with Crippen LogP contribution in [0.1, 0.15) is 12.5 Å². The first kappa shape index (κ1) is 15.5. The molecule has 0 saturated heterocycles. The molecule has 0 unspecified atom stereocenters. The number of carboxylic acid groups (broad SMARTS) is 1. The van der Waals surface area contributed by atoms with Crippen LogP contribution in [-0.4, -0.2) is 11.1 Å². The van der Waals surface area contributed by atoms with Gasteiger partial charge in [0, 0.05) is 18.2 Å². The maximum Gasteiger partial charge on any atom is 0.300 e. The molecule has 2 aromatic rings. The van der Waals surface area contributed by atoms with E-state index in [1.54, 1.807) is 0 Å². The molecular formula is C17H19NO2. The number of rotatable bonds is 3. The molecule has 0 aliphatic carbocycles. The number of carbonyl (C=O) groups is 1. The van der Waals surface area contributed by atoms with E-state index in [4.69, 9.17) is 15.6 Å². The van der Waals surface area contributed by atoms with Crippen molar-refractivity contribution in [2.75, 3.05) is 5.73 Å². The topological polar surface area (TPSA) is 63.3 Å². The third-order valence-corrected chi connectivity index (χ3v) is 2.58. The van der Waals surface area contributed by atoms with Gasteiger partial charge in [0.2, 0.25) is 0 Å². The number of allylic oxidation sites excluding steroid dienone is 1. The standard InChI is InChI=1S/C15H15N.C2H4O2/c1-2-6-12-9-10-14(15(16)11-12)13-7-4-3-5-8-13;1-2(3)4/h2-5,7-11H,1,6,16H2;1H3,(H,3,4). The zero-order chi connectivity index (χ0) is 15.0. The lowest BCUT2D eigenvalue weighted by molar-refractivity contribution is -0.134. The molecule has 3 nitrogen and oxygen atoms in total. The monoisotopic (exact) mass is 269 g/mol. The van der Waals surface area contributed by atoms with E-state index in [9.17, 15) is 0 Å². The Bertz CT molecular complexity index is 573. The van der Waals surface area contributed by atoms with Crippen LogP contribution in [0.4, 0.5) is 5.69 Å². The van der Waals surface area contributed by atoms with Gasteiger partial charge in [-0.3, -0.25) is 4.79 Å². The second kappa shape index (κ2) is 7.79. The summed E-state index contributed by atoms with van der Waals surface area (Å²) in [7, 11) is 0. The second-order valence-electron chi connectivity index (χ2n) is 4.30. The maximum absolute atomic E-state index is 9.00. The SMILES string of the molecule is C=CCc1ccc(-c2ccccc2)c(N)c1.CC(=O)O. The first-order valence-corrected chi connectivity index (χ1v) is 6.29. The highest BCUT2D eigenvalue weighted by Gasteiger charge is 2.02. The third-order valence-electron chi connectivity index (χ3n) is 2.58. The van der Waals surface area contributed by atoms with E-state index in [1.165, 1.54) is 5.56 Å². The van der Waals surface area contributed by atoms with E-state index < -0.39 is 5.97 Å². The molecule has 3 N–H and O–H groups in total. The van der Waals surface area contributed by atoms with Gasteiger partial charge in [0.15, 0.2) is 0 Å². The average molecular weight is 269 g/mol. The molecule has 0 aromatic heterocycles. The summed E-state index contributed by atoms with van der Waals surface area (Å²) < 4.78 is 0. The van der Waals surface area contributed by atoms with Crippen molar-refractivity contribution in [2.45, 2.75) is 13.3 Å². The van der Waals surface area contributed by atoms with E-state index in [1.807, 2.05) is 30.3 Å². The van der Waals surface area contributed by atoms with Gasteiger partial charge in [-0.25, -0.2) is 0 Å². The molecule has 0 atom stereocenters. The fourth-order valence-corrected chi connectivity index (χ4v) is 1.79. The van der Waals surface area contributed by atoms with Gasteiger partial charge in [0.1, 0.15) is 0 Å². The third kappa shape index (κ3) is 4.98. The summed E-state index contributed by atoms with van der Waals surface area (Å²) in [5.41, 5.74) is 10.3. The van der Waals surface area contributed by atoms with Crippen molar-refractivity contribution < 1.29 is 9.90 Å². The summed E-state index contributed by atoms with van der Waals surface area (Å²) in [6.07, 6.45) is 2.75. The predicted octanol–water partition coefficient (Wildman–Crippen LogP) is 3.76. The van der Waals surface area contributed by atoms with Crippen LogP contribution in [-0.2, 0) is 11.2 Å². The lowest BCUT2D eigenvalue weighted by Crippen LogP contribution is -1.92. The number of nitrogens with two attached hydrogens (primary N) is 1. The molecule has 0 bridgehead atoms. The normalized spacial score (nSPS) is 9.25. The Morgan fingerprint density at radius 1 is 1.25 bits per heavy atom. The maximum atomic E-state index is 9.00. The zero-order valence-corrected chi connectivity index (χ0v) is 11.5. The Morgan fingerprint density at radius 2 is 1.85 bits per heavy atom. The molecular weight excluding hydrogens is 250 g/mol. The fraction of sp³-hybridized carbons (Fsp3) is 0.118. The Balaban J connectivity index is 0.000000444. The summed E-state index contributed by atoms with van der Waals surface area (Å²) in [5, 5.41) is 7.42. The summed E-state index contributed by atoms with van der Waals surface area (Å²) in [4.78, 5) is 9.00. The Labute approximate surface area is 119 Å².